The predicted molar refractivity (Wildman–Crippen MR) is 97.0 cm³/mol. The number of carbonyl (C=O) groups is 1. The number of benzene rings is 1. The Labute approximate surface area is 149 Å². The summed E-state index contributed by atoms with van der Waals surface area (Å²) in [6.07, 6.45) is 0. The van der Waals surface area contributed by atoms with Crippen LogP contribution in [0, 0.1) is 11.7 Å². The normalized spacial score (nSPS) is 12.4. The van der Waals surface area contributed by atoms with Crippen molar-refractivity contribution in [2.45, 2.75) is 26.8 Å². The fourth-order valence-corrected chi connectivity index (χ4v) is 2.98. The average molecular weight is 358 g/mol. The summed E-state index contributed by atoms with van der Waals surface area (Å²) in [5, 5.41) is 10.9. The molecule has 4 nitrogen and oxygen atoms in total. The van der Waals surface area contributed by atoms with Crippen LogP contribution in [-0.2, 0) is 0 Å². The van der Waals surface area contributed by atoms with Crippen LogP contribution >= 0.6 is 11.3 Å². The quantitative estimate of drug-likeness (QED) is 0.699. The van der Waals surface area contributed by atoms with Gasteiger partial charge in [0, 0.05) is 22.5 Å². The number of carbonyl (C=O) groups excluding carboxylic acids is 1. The molecule has 2 heterocycles. The SMILES string of the molecule is CC(C)C(C)NC(=O)c1c(-c2ccc(F)cc2)noc1-c1ccsc1. The first kappa shape index (κ1) is 17.4. The Morgan fingerprint density at radius 3 is 2.48 bits per heavy atom. The summed E-state index contributed by atoms with van der Waals surface area (Å²) in [4.78, 5) is 12.9. The van der Waals surface area contributed by atoms with Crippen LogP contribution in [0.5, 0.6) is 0 Å². The third-order valence-corrected chi connectivity index (χ3v) is 4.86. The molecule has 0 aliphatic rings. The monoisotopic (exact) mass is 358 g/mol. The molecule has 25 heavy (non-hydrogen) atoms. The molecule has 0 bridgehead atoms. The topological polar surface area (TPSA) is 55.1 Å². The van der Waals surface area contributed by atoms with Crippen molar-refractivity contribution in [3.8, 4) is 22.6 Å². The highest BCUT2D eigenvalue weighted by Gasteiger charge is 2.26. The highest BCUT2D eigenvalue weighted by atomic mass is 32.1. The number of halogens is 1. The number of rotatable bonds is 5. The number of hydrogen-bond acceptors (Lipinski definition) is 4. The summed E-state index contributed by atoms with van der Waals surface area (Å²) in [6.45, 7) is 6.04. The van der Waals surface area contributed by atoms with Crippen LogP contribution in [0.25, 0.3) is 22.6 Å². The number of amides is 1. The Morgan fingerprint density at radius 1 is 1.16 bits per heavy atom. The van der Waals surface area contributed by atoms with Gasteiger partial charge in [0.1, 0.15) is 17.1 Å². The minimum absolute atomic E-state index is 0.00112. The fraction of sp³-hybridized carbons (Fsp3) is 0.263. The van der Waals surface area contributed by atoms with E-state index in [4.69, 9.17) is 4.52 Å². The van der Waals surface area contributed by atoms with E-state index in [1.807, 2.05) is 37.6 Å². The van der Waals surface area contributed by atoms with E-state index in [-0.39, 0.29) is 17.8 Å². The van der Waals surface area contributed by atoms with Crippen molar-refractivity contribution in [3.63, 3.8) is 0 Å². The van der Waals surface area contributed by atoms with Crippen molar-refractivity contribution < 1.29 is 13.7 Å². The van der Waals surface area contributed by atoms with Gasteiger partial charge in [-0.1, -0.05) is 19.0 Å². The molecule has 0 saturated carbocycles. The third-order valence-electron chi connectivity index (χ3n) is 4.18. The zero-order chi connectivity index (χ0) is 18.0. The molecule has 0 aliphatic heterocycles. The summed E-state index contributed by atoms with van der Waals surface area (Å²) < 4.78 is 18.7. The molecular weight excluding hydrogens is 339 g/mol. The van der Waals surface area contributed by atoms with E-state index in [0.717, 1.165) is 5.56 Å². The Balaban J connectivity index is 2.07. The molecule has 1 aromatic carbocycles. The first-order valence-corrected chi connectivity index (χ1v) is 9.00. The Hall–Kier alpha value is -2.47. The lowest BCUT2D eigenvalue weighted by Gasteiger charge is -2.17. The summed E-state index contributed by atoms with van der Waals surface area (Å²) in [6, 6.07) is 7.74. The molecule has 3 aromatic rings. The van der Waals surface area contributed by atoms with Gasteiger partial charge in [-0.25, -0.2) is 4.39 Å². The van der Waals surface area contributed by atoms with Gasteiger partial charge in [0.05, 0.1) is 0 Å². The van der Waals surface area contributed by atoms with Crippen molar-refractivity contribution in [2.75, 3.05) is 0 Å². The number of nitrogens with one attached hydrogen (secondary N) is 1. The zero-order valence-electron chi connectivity index (χ0n) is 14.2. The Bertz CT molecular complexity index is 854. The fourth-order valence-electron chi connectivity index (χ4n) is 2.34. The van der Waals surface area contributed by atoms with E-state index < -0.39 is 0 Å². The smallest absolute Gasteiger partial charge is 0.257 e. The molecule has 0 spiro atoms. The average Bonchev–Trinajstić information content (AvgIpc) is 3.24. The standard InChI is InChI=1S/C19H19FN2O2S/c1-11(2)12(3)21-19(23)16-17(13-4-6-15(20)7-5-13)22-24-18(16)14-8-9-25-10-14/h4-12H,1-3H3,(H,21,23). The lowest BCUT2D eigenvalue weighted by atomic mass is 10.0. The van der Waals surface area contributed by atoms with Gasteiger partial charge in [0.15, 0.2) is 5.76 Å². The van der Waals surface area contributed by atoms with Crippen molar-refractivity contribution in [1.82, 2.24) is 10.5 Å². The van der Waals surface area contributed by atoms with Gasteiger partial charge in [0.2, 0.25) is 0 Å². The lowest BCUT2D eigenvalue weighted by molar-refractivity contribution is 0.0931. The summed E-state index contributed by atoms with van der Waals surface area (Å²) in [5.74, 6) is 0.129. The number of aromatic nitrogens is 1. The summed E-state index contributed by atoms with van der Waals surface area (Å²) in [5.41, 5.74) is 2.22. The number of thiophene rings is 1. The first-order chi connectivity index (χ1) is 12.0. The molecule has 1 unspecified atom stereocenters. The maximum atomic E-state index is 13.2. The number of nitrogens with zero attached hydrogens (tertiary/aromatic N) is 1. The van der Waals surface area contributed by atoms with Crippen LogP contribution in [-0.4, -0.2) is 17.1 Å². The van der Waals surface area contributed by atoms with Gasteiger partial charge in [-0.05, 0) is 48.6 Å². The maximum Gasteiger partial charge on any atom is 0.257 e. The molecule has 0 fully saturated rings. The van der Waals surface area contributed by atoms with Crippen molar-refractivity contribution in [2.24, 2.45) is 5.92 Å². The molecule has 1 atom stereocenters. The highest BCUT2D eigenvalue weighted by molar-refractivity contribution is 7.08. The maximum absolute atomic E-state index is 13.2. The molecule has 3 rings (SSSR count). The van der Waals surface area contributed by atoms with Crippen LogP contribution in [0.3, 0.4) is 0 Å². The minimum atomic E-state index is -0.343. The lowest BCUT2D eigenvalue weighted by Crippen LogP contribution is -2.36. The highest BCUT2D eigenvalue weighted by Crippen LogP contribution is 2.33. The van der Waals surface area contributed by atoms with Crippen LogP contribution in [0.2, 0.25) is 0 Å². The largest absolute Gasteiger partial charge is 0.355 e. The second-order valence-electron chi connectivity index (χ2n) is 6.26. The zero-order valence-corrected chi connectivity index (χ0v) is 15.1. The molecule has 0 aliphatic carbocycles. The summed E-state index contributed by atoms with van der Waals surface area (Å²) >= 11 is 1.51. The first-order valence-electron chi connectivity index (χ1n) is 8.06. The molecule has 0 radical (unpaired) electrons. The van der Waals surface area contributed by atoms with Crippen molar-refractivity contribution in [1.29, 1.82) is 0 Å². The van der Waals surface area contributed by atoms with Gasteiger partial charge >= 0.3 is 0 Å². The predicted octanol–water partition coefficient (Wildman–Crippen LogP) is 4.98. The van der Waals surface area contributed by atoms with Gasteiger partial charge < -0.3 is 9.84 Å². The molecule has 1 amide bonds. The molecule has 1 N–H and O–H groups in total. The Kier molecular flexibility index (Phi) is 4.99. The molecule has 2 aromatic heterocycles. The van der Waals surface area contributed by atoms with Gasteiger partial charge in [-0.15, -0.1) is 0 Å². The van der Waals surface area contributed by atoms with Crippen molar-refractivity contribution in [3.05, 3.63) is 52.5 Å². The molecule has 130 valence electrons. The van der Waals surface area contributed by atoms with Crippen LogP contribution in [0.4, 0.5) is 4.39 Å². The third kappa shape index (κ3) is 3.64. The van der Waals surface area contributed by atoms with E-state index in [1.54, 1.807) is 12.1 Å². The Morgan fingerprint density at radius 2 is 1.88 bits per heavy atom. The minimum Gasteiger partial charge on any atom is -0.355 e. The van der Waals surface area contributed by atoms with E-state index in [0.29, 0.717) is 28.5 Å². The number of hydrogen-bond donors (Lipinski definition) is 1. The molecule has 6 heteroatoms. The second kappa shape index (κ2) is 7.19. The van der Waals surface area contributed by atoms with Gasteiger partial charge in [-0.2, -0.15) is 11.3 Å². The van der Waals surface area contributed by atoms with E-state index >= 15 is 0 Å². The van der Waals surface area contributed by atoms with E-state index in [1.165, 1.54) is 23.5 Å². The van der Waals surface area contributed by atoms with Crippen molar-refractivity contribution >= 4 is 17.2 Å². The van der Waals surface area contributed by atoms with Gasteiger partial charge in [-0.3, -0.25) is 4.79 Å². The summed E-state index contributed by atoms with van der Waals surface area (Å²) in [7, 11) is 0. The second-order valence-corrected chi connectivity index (χ2v) is 7.04. The molecule has 0 saturated heterocycles. The van der Waals surface area contributed by atoms with Crippen LogP contribution in [0.15, 0.2) is 45.6 Å². The van der Waals surface area contributed by atoms with E-state index in [2.05, 4.69) is 10.5 Å². The van der Waals surface area contributed by atoms with E-state index in [9.17, 15) is 9.18 Å². The van der Waals surface area contributed by atoms with Gasteiger partial charge in [0.25, 0.3) is 5.91 Å². The van der Waals surface area contributed by atoms with Crippen LogP contribution in [0.1, 0.15) is 31.1 Å². The molecular formula is C19H19FN2O2S. The van der Waals surface area contributed by atoms with Crippen LogP contribution < -0.4 is 5.32 Å².